The van der Waals surface area contributed by atoms with Gasteiger partial charge in [0.25, 0.3) is 0 Å². The second kappa shape index (κ2) is 6.75. The van der Waals surface area contributed by atoms with Crippen molar-refractivity contribution < 1.29 is 0 Å². The van der Waals surface area contributed by atoms with Crippen LogP contribution in [-0.2, 0) is 0 Å². The largest absolute Gasteiger partial charge is 0.310 e. The molecule has 0 aliphatic heterocycles. The third-order valence-corrected chi connectivity index (χ3v) is 3.81. The van der Waals surface area contributed by atoms with Crippen LogP contribution in [0.15, 0.2) is 36.4 Å². The molecule has 0 saturated heterocycles. The summed E-state index contributed by atoms with van der Waals surface area (Å²) in [6.07, 6.45) is 8.51. The van der Waals surface area contributed by atoms with Crippen LogP contribution in [0.5, 0.6) is 0 Å². The molecule has 98 valence electrons. The van der Waals surface area contributed by atoms with Crippen LogP contribution in [0.2, 0.25) is 0 Å². The summed E-state index contributed by atoms with van der Waals surface area (Å²) in [5.41, 5.74) is 1.28. The van der Waals surface area contributed by atoms with Gasteiger partial charge in [0.15, 0.2) is 0 Å². The lowest BCUT2D eigenvalue weighted by atomic mass is 9.80. The van der Waals surface area contributed by atoms with Gasteiger partial charge >= 0.3 is 0 Å². The van der Waals surface area contributed by atoms with Gasteiger partial charge in [0.2, 0.25) is 0 Å². The summed E-state index contributed by atoms with van der Waals surface area (Å²) in [7, 11) is 0. The molecule has 0 bridgehead atoms. The van der Waals surface area contributed by atoms with E-state index in [4.69, 9.17) is 0 Å². The van der Waals surface area contributed by atoms with Gasteiger partial charge in [-0.3, -0.25) is 0 Å². The topological polar surface area (TPSA) is 12.0 Å². The zero-order valence-electron chi connectivity index (χ0n) is 11.6. The quantitative estimate of drug-likeness (QED) is 0.839. The molecular weight excluding hydrogens is 218 g/mol. The zero-order chi connectivity index (χ0) is 12.8. The molecule has 0 aromatic heterocycles. The first-order valence-corrected chi connectivity index (χ1v) is 7.19. The molecule has 2 unspecified atom stereocenters. The molecule has 0 radical (unpaired) electrons. The van der Waals surface area contributed by atoms with Gasteiger partial charge in [0.05, 0.1) is 0 Å². The Bertz CT molecular complexity index is 358. The molecule has 1 aromatic rings. The second-order valence-electron chi connectivity index (χ2n) is 5.84. The van der Waals surface area contributed by atoms with E-state index in [1.165, 1.54) is 24.8 Å². The van der Waals surface area contributed by atoms with Crippen molar-refractivity contribution in [2.75, 3.05) is 6.54 Å². The number of hydrogen-bond donors (Lipinski definition) is 1. The first kappa shape index (κ1) is 13.4. The maximum atomic E-state index is 3.67. The molecule has 1 saturated carbocycles. The first-order valence-electron chi connectivity index (χ1n) is 7.19. The molecule has 1 nitrogen and oxygen atoms in total. The van der Waals surface area contributed by atoms with Crippen LogP contribution in [0, 0.1) is 11.8 Å². The molecular formula is C17H25N. The lowest BCUT2D eigenvalue weighted by molar-refractivity contribution is 0.243. The molecule has 18 heavy (non-hydrogen) atoms. The molecule has 0 heterocycles. The monoisotopic (exact) mass is 243 g/mol. The number of nitrogens with one attached hydrogen (secondary N) is 1. The van der Waals surface area contributed by atoms with Crippen molar-refractivity contribution >= 4 is 6.08 Å². The lowest BCUT2D eigenvalue weighted by Gasteiger charge is -2.31. The van der Waals surface area contributed by atoms with Crippen LogP contribution < -0.4 is 5.32 Å². The number of hydrogen-bond acceptors (Lipinski definition) is 1. The van der Waals surface area contributed by atoms with Crippen molar-refractivity contribution in [2.24, 2.45) is 11.8 Å². The van der Waals surface area contributed by atoms with Crippen LogP contribution in [0.3, 0.4) is 0 Å². The predicted molar refractivity (Wildman–Crippen MR) is 79.4 cm³/mol. The smallest absolute Gasteiger partial charge is 0.0140 e. The van der Waals surface area contributed by atoms with Gasteiger partial charge in [0, 0.05) is 12.6 Å². The van der Waals surface area contributed by atoms with Gasteiger partial charge in [-0.15, -0.1) is 0 Å². The Morgan fingerprint density at radius 2 is 1.72 bits per heavy atom. The van der Waals surface area contributed by atoms with E-state index in [1.54, 1.807) is 0 Å². The highest BCUT2D eigenvalue weighted by molar-refractivity contribution is 5.48. The summed E-state index contributed by atoms with van der Waals surface area (Å²) in [5.74, 6) is 1.76. The normalized spacial score (nSPS) is 28.7. The number of benzene rings is 1. The molecule has 1 aromatic carbocycles. The fraction of sp³-hybridized carbons (Fsp3) is 0.529. The average molecular weight is 243 g/mol. The van der Waals surface area contributed by atoms with Crippen molar-refractivity contribution in [3.63, 3.8) is 0 Å². The van der Waals surface area contributed by atoms with E-state index in [0.29, 0.717) is 6.04 Å². The average Bonchev–Trinajstić information content (AvgIpc) is 2.35. The van der Waals surface area contributed by atoms with Crippen LogP contribution in [0.1, 0.15) is 38.7 Å². The van der Waals surface area contributed by atoms with Crippen LogP contribution in [-0.4, -0.2) is 12.6 Å². The maximum absolute atomic E-state index is 3.67. The molecule has 2 rings (SSSR count). The fourth-order valence-corrected chi connectivity index (χ4v) is 3.11. The summed E-state index contributed by atoms with van der Waals surface area (Å²) >= 11 is 0. The Morgan fingerprint density at radius 3 is 2.39 bits per heavy atom. The van der Waals surface area contributed by atoms with Gasteiger partial charge in [-0.1, -0.05) is 56.3 Å². The summed E-state index contributed by atoms with van der Waals surface area (Å²) in [5, 5.41) is 3.67. The summed E-state index contributed by atoms with van der Waals surface area (Å²) in [6.45, 7) is 5.74. The van der Waals surface area contributed by atoms with Crippen molar-refractivity contribution in [2.45, 2.75) is 39.2 Å². The minimum Gasteiger partial charge on any atom is -0.310 e. The highest BCUT2D eigenvalue weighted by atomic mass is 14.9. The van der Waals surface area contributed by atoms with E-state index in [0.717, 1.165) is 18.4 Å². The van der Waals surface area contributed by atoms with Crippen LogP contribution >= 0.6 is 0 Å². The molecule has 0 spiro atoms. The zero-order valence-corrected chi connectivity index (χ0v) is 11.6. The SMILES string of the molecule is CC1CC(C)CC(NCC=Cc2ccccc2)C1. The summed E-state index contributed by atoms with van der Waals surface area (Å²) < 4.78 is 0. The molecule has 1 aliphatic rings. The van der Waals surface area contributed by atoms with Crippen LogP contribution in [0.25, 0.3) is 6.08 Å². The Kier molecular flexibility index (Phi) is 5.00. The molecule has 1 heteroatoms. The fourth-order valence-electron chi connectivity index (χ4n) is 3.11. The molecule has 1 aliphatic carbocycles. The van der Waals surface area contributed by atoms with Crippen molar-refractivity contribution in [1.82, 2.24) is 5.32 Å². The Morgan fingerprint density at radius 1 is 1.06 bits per heavy atom. The molecule has 1 N–H and O–H groups in total. The minimum atomic E-state index is 0.712. The van der Waals surface area contributed by atoms with Crippen molar-refractivity contribution in [3.8, 4) is 0 Å². The molecule has 0 amide bonds. The third kappa shape index (κ3) is 4.30. The van der Waals surface area contributed by atoms with Gasteiger partial charge < -0.3 is 5.32 Å². The van der Waals surface area contributed by atoms with E-state index < -0.39 is 0 Å². The Hall–Kier alpha value is -1.08. The van der Waals surface area contributed by atoms with Crippen molar-refractivity contribution in [3.05, 3.63) is 42.0 Å². The standard InChI is InChI=1S/C17H25N/c1-14-11-15(2)13-17(12-14)18-10-6-9-16-7-4-3-5-8-16/h3-9,14-15,17-18H,10-13H2,1-2H3. The minimum absolute atomic E-state index is 0.712. The van der Waals surface area contributed by atoms with Gasteiger partial charge in [-0.2, -0.15) is 0 Å². The summed E-state index contributed by atoms with van der Waals surface area (Å²) in [4.78, 5) is 0. The third-order valence-electron chi connectivity index (χ3n) is 3.81. The van der Waals surface area contributed by atoms with E-state index in [1.807, 2.05) is 0 Å². The van der Waals surface area contributed by atoms with Crippen molar-refractivity contribution in [1.29, 1.82) is 0 Å². The Labute approximate surface area is 111 Å². The second-order valence-corrected chi connectivity index (χ2v) is 5.84. The molecule has 1 fully saturated rings. The van der Waals surface area contributed by atoms with E-state index in [2.05, 4.69) is 61.6 Å². The highest BCUT2D eigenvalue weighted by Crippen LogP contribution is 2.28. The van der Waals surface area contributed by atoms with E-state index in [9.17, 15) is 0 Å². The number of rotatable bonds is 4. The molecule has 2 atom stereocenters. The predicted octanol–water partition coefficient (Wildman–Crippen LogP) is 4.11. The van der Waals surface area contributed by atoms with Gasteiger partial charge in [0.1, 0.15) is 0 Å². The van der Waals surface area contributed by atoms with Gasteiger partial charge in [-0.05, 0) is 36.7 Å². The van der Waals surface area contributed by atoms with Crippen LogP contribution in [0.4, 0.5) is 0 Å². The van der Waals surface area contributed by atoms with Gasteiger partial charge in [-0.25, -0.2) is 0 Å². The van der Waals surface area contributed by atoms with E-state index >= 15 is 0 Å². The summed E-state index contributed by atoms with van der Waals surface area (Å²) in [6, 6.07) is 11.2. The van der Waals surface area contributed by atoms with E-state index in [-0.39, 0.29) is 0 Å². The lowest BCUT2D eigenvalue weighted by Crippen LogP contribution is -2.36. The first-order chi connectivity index (χ1) is 8.74. The highest BCUT2D eigenvalue weighted by Gasteiger charge is 2.22. The maximum Gasteiger partial charge on any atom is 0.0140 e. The Balaban J connectivity index is 1.73.